The van der Waals surface area contributed by atoms with Crippen molar-refractivity contribution < 1.29 is 19.4 Å². The van der Waals surface area contributed by atoms with Gasteiger partial charge in [0.2, 0.25) is 0 Å². The molecule has 0 saturated carbocycles. The maximum atomic E-state index is 13.5. The van der Waals surface area contributed by atoms with Crippen LogP contribution in [0.15, 0.2) is 54.6 Å². The Bertz CT molecular complexity index is 1220. The number of hydrogen-bond acceptors (Lipinski definition) is 4. The van der Waals surface area contributed by atoms with E-state index < -0.39 is 8.07 Å². The fraction of sp³-hybridized carbons (Fsp3) is 0.259. The minimum Gasteiger partial charge on any atom is -0.507 e. The van der Waals surface area contributed by atoms with Crippen LogP contribution in [0.4, 0.5) is 0 Å². The van der Waals surface area contributed by atoms with Crippen molar-refractivity contribution in [3.05, 3.63) is 71.3 Å². The molecule has 1 aliphatic rings. The number of phenolic OH excluding ortho intramolecular Hbond substituents is 1. The van der Waals surface area contributed by atoms with Crippen LogP contribution in [0, 0.1) is 0 Å². The second-order valence-electron chi connectivity index (χ2n) is 9.29. The Morgan fingerprint density at radius 3 is 2.16 bits per heavy atom. The quantitative estimate of drug-likeness (QED) is 0.249. The summed E-state index contributed by atoms with van der Waals surface area (Å²) in [6.45, 7) is 8.49. The van der Waals surface area contributed by atoms with Gasteiger partial charge < -0.3 is 9.84 Å². The fourth-order valence-corrected chi connectivity index (χ4v) is 6.88. The van der Waals surface area contributed by atoms with Gasteiger partial charge in [0.05, 0.1) is 14.7 Å². The normalized spacial score (nSPS) is 12.4. The summed E-state index contributed by atoms with van der Waals surface area (Å²) in [4.78, 5) is 24.8. The van der Waals surface area contributed by atoms with Gasteiger partial charge in [-0.3, -0.25) is 9.59 Å². The molecule has 0 radical (unpaired) electrons. The molecular weight excluding hydrogens is 416 g/mol. The molecule has 0 fully saturated rings. The van der Waals surface area contributed by atoms with Crippen LogP contribution in [0.5, 0.6) is 5.75 Å². The summed E-state index contributed by atoms with van der Waals surface area (Å²) in [5.74, 6) is 0.00171. The summed E-state index contributed by atoms with van der Waals surface area (Å²) in [6, 6.07) is 17.2. The lowest BCUT2D eigenvalue weighted by molar-refractivity contribution is -0.141. The third-order valence-corrected chi connectivity index (χ3v) is 8.00. The predicted octanol–water partition coefficient (Wildman–Crippen LogP) is 5.31. The molecule has 1 aliphatic carbocycles. The first-order valence-corrected chi connectivity index (χ1v) is 14.5. The fourth-order valence-electron chi connectivity index (χ4n) is 4.72. The van der Waals surface area contributed by atoms with Gasteiger partial charge >= 0.3 is 5.97 Å². The highest BCUT2D eigenvalue weighted by Crippen LogP contribution is 2.42. The van der Waals surface area contributed by atoms with E-state index in [1.807, 2.05) is 42.5 Å². The molecule has 0 heterocycles. The van der Waals surface area contributed by atoms with E-state index in [4.69, 9.17) is 4.74 Å². The van der Waals surface area contributed by atoms with E-state index in [0.717, 1.165) is 44.1 Å². The van der Waals surface area contributed by atoms with Gasteiger partial charge in [-0.25, -0.2) is 0 Å². The van der Waals surface area contributed by atoms with Crippen LogP contribution in [-0.2, 0) is 16.0 Å². The molecular formula is C27H28O4Si. The number of benzene rings is 3. The second kappa shape index (κ2) is 8.39. The van der Waals surface area contributed by atoms with Crippen molar-refractivity contribution in [2.45, 2.75) is 39.4 Å². The van der Waals surface area contributed by atoms with Crippen molar-refractivity contribution in [3.8, 4) is 28.0 Å². The Morgan fingerprint density at radius 2 is 1.53 bits per heavy atom. The Hall–Kier alpha value is -3.18. The highest BCUT2D eigenvalue weighted by atomic mass is 28.3. The lowest BCUT2D eigenvalue weighted by Crippen LogP contribution is -2.44. The molecule has 164 valence electrons. The number of aromatic hydroxyl groups is 1. The van der Waals surface area contributed by atoms with Crippen LogP contribution in [0.3, 0.4) is 0 Å². The molecule has 3 aromatic carbocycles. The lowest BCUT2D eigenvalue weighted by atomic mass is 9.90. The van der Waals surface area contributed by atoms with Gasteiger partial charge in [-0.1, -0.05) is 62.1 Å². The van der Waals surface area contributed by atoms with Gasteiger partial charge in [0.15, 0.2) is 5.78 Å². The third kappa shape index (κ3) is 3.89. The number of ether oxygens (including phenoxy) is 1. The Morgan fingerprint density at radius 1 is 0.906 bits per heavy atom. The number of para-hydroxylation sites is 1. The SMILES string of the molecule is CC(=O)OCCCc1c(-c2ccccc2O)cc2c(c1[Si](C)(C)C)C(=O)c1ccccc1-2. The van der Waals surface area contributed by atoms with Crippen molar-refractivity contribution in [2.75, 3.05) is 6.61 Å². The molecule has 5 heteroatoms. The third-order valence-electron chi connectivity index (χ3n) is 5.94. The van der Waals surface area contributed by atoms with Gasteiger partial charge in [0.25, 0.3) is 0 Å². The molecule has 0 amide bonds. The summed E-state index contributed by atoms with van der Waals surface area (Å²) < 4.78 is 5.18. The number of fused-ring (bicyclic) bond motifs is 3. The van der Waals surface area contributed by atoms with Gasteiger partial charge in [-0.2, -0.15) is 0 Å². The largest absolute Gasteiger partial charge is 0.507 e. The number of carbonyl (C=O) groups is 2. The number of phenols is 1. The zero-order valence-electron chi connectivity index (χ0n) is 19.0. The van der Waals surface area contributed by atoms with E-state index in [2.05, 4.69) is 25.7 Å². The summed E-state index contributed by atoms with van der Waals surface area (Å²) in [5, 5.41) is 11.8. The van der Waals surface area contributed by atoms with Gasteiger partial charge in [0.1, 0.15) is 5.75 Å². The molecule has 4 rings (SSSR count). The summed E-state index contributed by atoms with van der Waals surface area (Å²) in [6.07, 6.45) is 1.31. The minimum atomic E-state index is -1.99. The summed E-state index contributed by atoms with van der Waals surface area (Å²) in [5.41, 5.74) is 6.24. The topological polar surface area (TPSA) is 63.6 Å². The van der Waals surface area contributed by atoms with Crippen LogP contribution in [0.1, 0.15) is 34.8 Å². The number of ketones is 1. The van der Waals surface area contributed by atoms with E-state index in [-0.39, 0.29) is 17.5 Å². The lowest BCUT2D eigenvalue weighted by Gasteiger charge is -2.27. The van der Waals surface area contributed by atoms with Crippen molar-refractivity contribution in [3.63, 3.8) is 0 Å². The van der Waals surface area contributed by atoms with Crippen LogP contribution < -0.4 is 5.19 Å². The maximum absolute atomic E-state index is 13.5. The molecule has 0 atom stereocenters. The van der Waals surface area contributed by atoms with Crippen molar-refractivity contribution >= 4 is 25.0 Å². The highest BCUT2D eigenvalue weighted by molar-refractivity contribution is 6.90. The Kier molecular flexibility index (Phi) is 5.78. The van der Waals surface area contributed by atoms with Crippen molar-refractivity contribution in [1.29, 1.82) is 0 Å². The van der Waals surface area contributed by atoms with Crippen molar-refractivity contribution in [2.24, 2.45) is 0 Å². The Balaban J connectivity index is 2.00. The van der Waals surface area contributed by atoms with Crippen molar-refractivity contribution in [1.82, 2.24) is 0 Å². The molecule has 3 aromatic rings. The zero-order valence-corrected chi connectivity index (χ0v) is 20.0. The predicted molar refractivity (Wildman–Crippen MR) is 130 cm³/mol. The maximum Gasteiger partial charge on any atom is 0.302 e. The Labute approximate surface area is 189 Å². The van der Waals surface area contributed by atoms with Crippen LogP contribution in [0.25, 0.3) is 22.3 Å². The monoisotopic (exact) mass is 444 g/mol. The summed E-state index contributed by atoms with van der Waals surface area (Å²) >= 11 is 0. The van der Waals surface area contributed by atoms with Gasteiger partial charge in [0, 0.05) is 23.6 Å². The average molecular weight is 445 g/mol. The van der Waals surface area contributed by atoms with Gasteiger partial charge in [-0.15, -0.1) is 0 Å². The molecule has 0 aliphatic heterocycles. The van der Waals surface area contributed by atoms with E-state index in [9.17, 15) is 14.7 Å². The first-order chi connectivity index (χ1) is 15.2. The highest BCUT2D eigenvalue weighted by Gasteiger charge is 2.36. The number of rotatable bonds is 6. The zero-order chi connectivity index (χ0) is 23.0. The first-order valence-electron chi connectivity index (χ1n) is 11.0. The first kappa shape index (κ1) is 22.0. The summed E-state index contributed by atoms with van der Waals surface area (Å²) in [7, 11) is -1.99. The van der Waals surface area contributed by atoms with Crippen LogP contribution in [0.2, 0.25) is 19.6 Å². The smallest absolute Gasteiger partial charge is 0.302 e. The molecule has 0 aromatic heterocycles. The molecule has 1 N–H and O–H groups in total. The number of carbonyl (C=O) groups excluding carboxylic acids is 2. The van der Waals surface area contributed by atoms with Crippen LogP contribution >= 0.6 is 0 Å². The van der Waals surface area contributed by atoms with E-state index in [0.29, 0.717) is 19.4 Å². The molecule has 0 bridgehead atoms. The standard InChI is InChI=1S/C27H28O4Si/c1-17(28)31-15-9-13-21-22(19-11-7-8-14-24(19)29)16-23-18-10-5-6-12-20(18)26(30)25(23)27(21)32(2,3)4/h5-8,10-12,14,16,29H,9,13,15H2,1-4H3. The van der Waals surface area contributed by atoms with Gasteiger partial charge in [-0.05, 0) is 52.4 Å². The molecule has 0 unspecified atom stereocenters. The molecule has 32 heavy (non-hydrogen) atoms. The molecule has 0 saturated heterocycles. The van der Waals surface area contributed by atoms with E-state index in [1.165, 1.54) is 6.92 Å². The minimum absolute atomic E-state index is 0.0816. The second-order valence-corrected chi connectivity index (χ2v) is 14.3. The average Bonchev–Trinajstić information content (AvgIpc) is 3.02. The number of hydrogen-bond donors (Lipinski definition) is 1. The molecule has 0 spiro atoms. The van der Waals surface area contributed by atoms with Crippen LogP contribution in [-0.4, -0.2) is 31.5 Å². The number of esters is 1. The van der Waals surface area contributed by atoms with E-state index in [1.54, 1.807) is 6.07 Å². The molecule has 4 nitrogen and oxygen atoms in total. The van der Waals surface area contributed by atoms with E-state index >= 15 is 0 Å².